The van der Waals surface area contributed by atoms with Crippen LogP contribution in [0.4, 0.5) is 17.1 Å². The predicted molar refractivity (Wildman–Crippen MR) is 207 cm³/mol. The molecule has 11 rings (SSSR count). The molecule has 0 unspecified atom stereocenters. The second-order valence-electron chi connectivity index (χ2n) is 13.0. The maximum Gasteiger partial charge on any atom is 0.0788 e. The largest absolute Gasteiger partial charge is 0.353 e. The zero-order valence-electron chi connectivity index (χ0n) is 26.6. The van der Waals surface area contributed by atoms with Crippen LogP contribution in [-0.4, -0.2) is 9.55 Å². The number of aromatic nitrogens is 2. The lowest BCUT2D eigenvalue weighted by Gasteiger charge is -2.34. The van der Waals surface area contributed by atoms with Gasteiger partial charge in [0.25, 0.3) is 0 Å². The van der Waals surface area contributed by atoms with Gasteiger partial charge in [-0.05, 0) is 76.7 Å². The van der Waals surface area contributed by atoms with Crippen LogP contribution in [0.1, 0.15) is 0 Å². The van der Waals surface area contributed by atoms with E-state index in [1.165, 1.54) is 82.7 Å². The lowest BCUT2D eigenvalue weighted by Crippen LogP contribution is -2.15. The van der Waals surface area contributed by atoms with Crippen molar-refractivity contribution in [3.8, 4) is 27.9 Å². The van der Waals surface area contributed by atoms with Crippen molar-refractivity contribution in [3.05, 3.63) is 170 Å². The Bertz CT molecular complexity index is 2930. The van der Waals surface area contributed by atoms with Crippen molar-refractivity contribution in [2.24, 2.45) is 0 Å². The Kier molecular flexibility index (Phi) is 5.38. The zero-order valence-corrected chi connectivity index (χ0v) is 26.6. The molecule has 0 bridgehead atoms. The van der Waals surface area contributed by atoms with Gasteiger partial charge in [0.05, 0.1) is 27.9 Å². The summed E-state index contributed by atoms with van der Waals surface area (Å²) in [6, 6.07) is 61.9. The Balaban J connectivity index is 1.20. The molecule has 3 heterocycles. The molecular weight excluding hydrogens is 595 g/mol. The van der Waals surface area contributed by atoms with Crippen LogP contribution in [0, 0.1) is 0 Å². The number of benzene rings is 8. The second kappa shape index (κ2) is 9.96. The molecule has 49 heavy (non-hydrogen) atoms. The minimum Gasteiger partial charge on any atom is -0.353 e. The number of aromatic amines is 1. The first-order chi connectivity index (χ1) is 24.3. The van der Waals surface area contributed by atoms with E-state index in [9.17, 15) is 0 Å². The summed E-state index contributed by atoms with van der Waals surface area (Å²) in [5, 5.41) is 7.54. The third kappa shape index (κ3) is 3.73. The van der Waals surface area contributed by atoms with Gasteiger partial charge >= 0.3 is 0 Å². The highest BCUT2D eigenvalue weighted by molar-refractivity contribution is 6.26. The van der Waals surface area contributed by atoms with Gasteiger partial charge in [0.1, 0.15) is 0 Å². The number of para-hydroxylation sites is 4. The summed E-state index contributed by atoms with van der Waals surface area (Å²) < 4.78 is 2.40. The topological polar surface area (TPSA) is 24.0 Å². The molecule has 0 amide bonds. The number of H-pyrrole nitrogens is 1. The molecule has 0 fully saturated rings. The van der Waals surface area contributed by atoms with Gasteiger partial charge in [-0.3, -0.25) is 0 Å². The molecule has 0 atom stereocenters. The van der Waals surface area contributed by atoms with Crippen molar-refractivity contribution in [1.29, 1.82) is 0 Å². The Morgan fingerprint density at radius 2 is 1.12 bits per heavy atom. The number of rotatable bonds is 3. The first kappa shape index (κ1) is 26.5. The summed E-state index contributed by atoms with van der Waals surface area (Å²) in [6.07, 6.45) is 0. The highest BCUT2D eigenvalue weighted by Gasteiger charge is 2.29. The van der Waals surface area contributed by atoms with E-state index in [-0.39, 0.29) is 0 Å². The normalized spacial score (nSPS) is 12.4. The molecule has 1 aliphatic heterocycles. The molecule has 1 aliphatic rings. The Labute approximate surface area is 282 Å². The SMILES string of the molecule is c1ccc(N2c3cc(-c4ccc5c6ccccc6n(-c6ccccc6)c5c4)ccc3-c3cccc4cc5c([nH]c6ccccc65)c2c34)cc1. The van der Waals surface area contributed by atoms with Crippen molar-refractivity contribution in [3.63, 3.8) is 0 Å². The standard InChI is InChI=1S/C46H29N3/c1-3-13-32(14-4-1)48-41-21-10-8-18-35(41)36-24-22-29(27-42(36)48)30-23-25-37-38-19-11-12-31-26-39-34-17-7-9-20-40(34)47-45(39)46(44(31)38)49(43(37)28-30)33-15-5-2-6-16-33/h1-28,47H. The molecule has 0 aliphatic carbocycles. The molecule has 0 radical (unpaired) electrons. The summed E-state index contributed by atoms with van der Waals surface area (Å²) in [6.45, 7) is 0. The van der Waals surface area contributed by atoms with Gasteiger partial charge in [-0.1, -0.05) is 115 Å². The smallest absolute Gasteiger partial charge is 0.0788 e. The van der Waals surface area contributed by atoms with E-state index in [0.717, 1.165) is 16.7 Å². The van der Waals surface area contributed by atoms with Gasteiger partial charge in [-0.2, -0.15) is 0 Å². The third-order valence-corrected chi connectivity index (χ3v) is 10.4. The van der Waals surface area contributed by atoms with E-state index in [0.29, 0.717) is 0 Å². The highest BCUT2D eigenvalue weighted by Crippen LogP contribution is 2.54. The summed E-state index contributed by atoms with van der Waals surface area (Å²) in [4.78, 5) is 6.32. The molecule has 0 spiro atoms. The third-order valence-electron chi connectivity index (χ3n) is 10.4. The molecule has 3 nitrogen and oxygen atoms in total. The first-order valence-corrected chi connectivity index (χ1v) is 16.9. The molecular formula is C46H29N3. The molecule has 10 aromatic rings. The monoisotopic (exact) mass is 623 g/mol. The van der Waals surface area contributed by atoms with Crippen LogP contribution in [0.5, 0.6) is 0 Å². The number of hydrogen-bond donors (Lipinski definition) is 1. The Morgan fingerprint density at radius 3 is 1.98 bits per heavy atom. The van der Waals surface area contributed by atoms with E-state index in [1.807, 2.05) is 0 Å². The van der Waals surface area contributed by atoms with E-state index < -0.39 is 0 Å². The van der Waals surface area contributed by atoms with Gasteiger partial charge in [0.15, 0.2) is 0 Å². The van der Waals surface area contributed by atoms with Crippen LogP contribution >= 0.6 is 0 Å². The second-order valence-corrected chi connectivity index (χ2v) is 13.0. The summed E-state index contributed by atoms with van der Waals surface area (Å²) in [5.41, 5.74) is 14.3. The van der Waals surface area contributed by atoms with Crippen LogP contribution in [0.3, 0.4) is 0 Å². The van der Waals surface area contributed by atoms with Crippen molar-refractivity contribution >= 4 is 71.4 Å². The van der Waals surface area contributed by atoms with Gasteiger partial charge in [0.2, 0.25) is 0 Å². The molecule has 8 aromatic carbocycles. The molecule has 0 saturated heterocycles. The zero-order chi connectivity index (χ0) is 32.1. The van der Waals surface area contributed by atoms with Crippen LogP contribution in [0.15, 0.2) is 170 Å². The fourth-order valence-corrected chi connectivity index (χ4v) is 8.28. The van der Waals surface area contributed by atoms with Crippen LogP contribution in [-0.2, 0) is 0 Å². The van der Waals surface area contributed by atoms with Crippen molar-refractivity contribution in [1.82, 2.24) is 9.55 Å². The minimum atomic E-state index is 1.14. The van der Waals surface area contributed by atoms with E-state index >= 15 is 0 Å². The Hall–Kier alpha value is -6.58. The van der Waals surface area contributed by atoms with Gasteiger partial charge in [0, 0.05) is 49.4 Å². The maximum atomic E-state index is 3.84. The average Bonchev–Trinajstić information content (AvgIpc) is 3.71. The lowest BCUT2D eigenvalue weighted by atomic mass is 9.88. The summed E-state index contributed by atoms with van der Waals surface area (Å²) in [7, 11) is 0. The number of nitrogens with zero attached hydrogens (tertiary/aromatic N) is 2. The average molecular weight is 624 g/mol. The minimum absolute atomic E-state index is 1.14. The molecule has 3 heteroatoms. The molecule has 2 aromatic heterocycles. The number of nitrogens with one attached hydrogen (secondary N) is 1. The van der Waals surface area contributed by atoms with E-state index in [2.05, 4.69) is 184 Å². The van der Waals surface area contributed by atoms with Crippen LogP contribution in [0.25, 0.3) is 82.3 Å². The van der Waals surface area contributed by atoms with Crippen molar-refractivity contribution < 1.29 is 0 Å². The summed E-state index contributed by atoms with van der Waals surface area (Å²) >= 11 is 0. The predicted octanol–water partition coefficient (Wildman–Crippen LogP) is 12.7. The highest BCUT2D eigenvalue weighted by atomic mass is 15.2. The first-order valence-electron chi connectivity index (χ1n) is 16.9. The molecule has 228 valence electrons. The lowest BCUT2D eigenvalue weighted by molar-refractivity contribution is 1.18. The summed E-state index contributed by atoms with van der Waals surface area (Å²) in [5.74, 6) is 0. The fraction of sp³-hybridized carbons (Fsp3) is 0. The Morgan fingerprint density at radius 1 is 0.429 bits per heavy atom. The van der Waals surface area contributed by atoms with Crippen molar-refractivity contribution in [2.45, 2.75) is 0 Å². The van der Waals surface area contributed by atoms with E-state index in [1.54, 1.807) is 0 Å². The molecule has 0 saturated carbocycles. The fourth-order valence-electron chi connectivity index (χ4n) is 8.28. The number of hydrogen-bond acceptors (Lipinski definition) is 1. The number of fused-ring (bicyclic) bond motifs is 9. The number of anilines is 3. The van der Waals surface area contributed by atoms with E-state index in [4.69, 9.17) is 0 Å². The molecule has 1 N–H and O–H groups in total. The quantitative estimate of drug-likeness (QED) is 0.208. The van der Waals surface area contributed by atoms with Crippen molar-refractivity contribution in [2.75, 3.05) is 4.90 Å². The maximum absolute atomic E-state index is 3.84. The van der Waals surface area contributed by atoms with Crippen LogP contribution in [0.2, 0.25) is 0 Å². The van der Waals surface area contributed by atoms with Gasteiger partial charge in [-0.25, -0.2) is 0 Å². The van der Waals surface area contributed by atoms with Gasteiger partial charge < -0.3 is 14.5 Å². The van der Waals surface area contributed by atoms with Gasteiger partial charge in [-0.15, -0.1) is 0 Å². The van der Waals surface area contributed by atoms with Crippen LogP contribution < -0.4 is 4.90 Å².